The molecule has 0 saturated heterocycles. The Morgan fingerprint density at radius 2 is 2.00 bits per heavy atom. The van der Waals surface area contributed by atoms with E-state index in [1.165, 1.54) is 5.56 Å². The molecule has 0 saturated carbocycles. The van der Waals surface area contributed by atoms with E-state index in [2.05, 4.69) is 62.4 Å². The van der Waals surface area contributed by atoms with Crippen molar-refractivity contribution in [2.75, 3.05) is 6.54 Å². The van der Waals surface area contributed by atoms with Crippen LogP contribution in [0.25, 0.3) is 10.9 Å². The van der Waals surface area contributed by atoms with Gasteiger partial charge in [0.15, 0.2) is 0 Å². The molecule has 1 aromatic carbocycles. The van der Waals surface area contributed by atoms with E-state index in [0.717, 1.165) is 28.6 Å². The SMILES string of the molecule is C=CCn1c(C(=O)NCCC(C)C)c(C)c2cc(C(C)C)ccc21. The highest BCUT2D eigenvalue weighted by atomic mass is 16.1. The van der Waals surface area contributed by atoms with Gasteiger partial charge in [-0.15, -0.1) is 6.58 Å². The number of hydrogen-bond donors (Lipinski definition) is 1. The van der Waals surface area contributed by atoms with Gasteiger partial charge in [0.1, 0.15) is 5.69 Å². The Morgan fingerprint density at radius 1 is 1.29 bits per heavy atom. The Morgan fingerprint density at radius 3 is 2.58 bits per heavy atom. The number of nitrogens with one attached hydrogen (secondary N) is 1. The quantitative estimate of drug-likeness (QED) is 0.711. The Labute approximate surface area is 145 Å². The van der Waals surface area contributed by atoms with E-state index in [9.17, 15) is 4.79 Å². The molecule has 3 nitrogen and oxygen atoms in total. The number of nitrogens with zero attached hydrogens (tertiary/aromatic N) is 1. The molecule has 0 bridgehead atoms. The Kier molecular flexibility index (Phi) is 5.87. The predicted molar refractivity (Wildman–Crippen MR) is 103 cm³/mol. The summed E-state index contributed by atoms with van der Waals surface area (Å²) >= 11 is 0. The molecule has 1 heterocycles. The molecule has 0 fully saturated rings. The molecule has 0 spiro atoms. The van der Waals surface area contributed by atoms with Gasteiger partial charge in [-0.3, -0.25) is 4.79 Å². The summed E-state index contributed by atoms with van der Waals surface area (Å²) in [5.41, 5.74) is 4.21. The summed E-state index contributed by atoms with van der Waals surface area (Å²) in [5.74, 6) is 1.07. The van der Waals surface area contributed by atoms with Crippen LogP contribution in [0.15, 0.2) is 30.9 Å². The van der Waals surface area contributed by atoms with Gasteiger partial charge >= 0.3 is 0 Å². The number of carbonyl (C=O) groups excluding carboxylic acids is 1. The van der Waals surface area contributed by atoms with Crippen molar-refractivity contribution in [3.8, 4) is 0 Å². The minimum atomic E-state index is 0.0114. The van der Waals surface area contributed by atoms with Crippen LogP contribution in [0.5, 0.6) is 0 Å². The fraction of sp³-hybridized carbons (Fsp3) is 0.476. The number of allylic oxidation sites excluding steroid dienone is 1. The Bertz CT molecular complexity index is 738. The molecule has 1 N–H and O–H groups in total. The van der Waals surface area contributed by atoms with Gasteiger partial charge in [0.05, 0.1) is 0 Å². The second kappa shape index (κ2) is 7.69. The van der Waals surface area contributed by atoms with Crippen LogP contribution < -0.4 is 5.32 Å². The van der Waals surface area contributed by atoms with Crippen LogP contribution in [0.1, 0.15) is 61.6 Å². The number of carbonyl (C=O) groups is 1. The smallest absolute Gasteiger partial charge is 0.268 e. The fourth-order valence-corrected chi connectivity index (χ4v) is 3.07. The minimum absolute atomic E-state index is 0.0114. The fourth-order valence-electron chi connectivity index (χ4n) is 3.07. The normalized spacial score (nSPS) is 11.5. The van der Waals surface area contributed by atoms with Gasteiger partial charge in [-0.2, -0.15) is 0 Å². The van der Waals surface area contributed by atoms with Crippen LogP contribution in [-0.4, -0.2) is 17.0 Å². The van der Waals surface area contributed by atoms with Crippen molar-refractivity contribution in [1.82, 2.24) is 9.88 Å². The first-order valence-corrected chi connectivity index (χ1v) is 8.88. The molecule has 1 amide bonds. The summed E-state index contributed by atoms with van der Waals surface area (Å²) in [7, 11) is 0. The van der Waals surface area contributed by atoms with Gasteiger partial charge in [0, 0.05) is 24.0 Å². The van der Waals surface area contributed by atoms with E-state index in [0.29, 0.717) is 24.9 Å². The maximum Gasteiger partial charge on any atom is 0.268 e. The summed E-state index contributed by atoms with van der Waals surface area (Å²) in [5, 5.41) is 4.24. The van der Waals surface area contributed by atoms with Gasteiger partial charge in [-0.1, -0.05) is 39.8 Å². The van der Waals surface area contributed by atoms with Crippen molar-refractivity contribution in [2.24, 2.45) is 5.92 Å². The third kappa shape index (κ3) is 3.72. The molecule has 1 aromatic heterocycles. The first kappa shape index (κ1) is 18.3. The van der Waals surface area contributed by atoms with E-state index in [1.807, 2.05) is 13.0 Å². The topological polar surface area (TPSA) is 34.0 Å². The highest BCUT2D eigenvalue weighted by Gasteiger charge is 2.20. The van der Waals surface area contributed by atoms with E-state index in [4.69, 9.17) is 0 Å². The van der Waals surface area contributed by atoms with Gasteiger partial charge in [-0.05, 0) is 48.4 Å². The Balaban J connectivity index is 2.47. The molecule has 130 valence electrons. The van der Waals surface area contributed by atoms with Crippen LogP contribution in [0.4, 0.5) is 0 Å². The van der Waals surface area contributed by atoms with Gasteiger partial charge in [-0.25, -0.2) is 0 Å². The molecule has 0 aliphatic heterocycles. The zero-order valence-electron chi connectivity index (χ0n) is 15.6. The number of hydrogen-bond acceptors (Lipinski definition) is 1. The highest BCUT2D eigenvalue weighted by molar-refractivity contribution is 6.01. The minimum Gasteiger partial charge on any atom is -0.351 e. The van der Waals surface area contributed by atoms with Gasteiger partial charge in [0.2, 0.25) is 0 Å². The lowest BCUT2D eigenvalue weighted by Crippen LogP contribution is -2.28. The first-order valence-electron chi connectivity index (χ1n) is 8.88. The molecule has 2 rings (SSSR count). The average Bonchev–Trinajstić information content (AvgIpc) is 2.79. The monoisotopic (exact) mass is 326 g/mol. The summed E-state index contributed by atoms with van der Waals surface area (Å²) in [6.45, 7) is 16.0. The molecule has 24 heavy (non-hydrogen) atoms. The maximum atomic E-state index is 12.8. The molecule has 2 aromatic rings. The number of aryl methyl sites for hydroxylation is 1. The summed E-state index contributed by atoms with van der Waals surface area (Å²) in [6, 6.07) is 6.51. The van der Waals surface area contributed by atoms with E-state index < -0.39 is 0 Å². The number of benzene rings is 1. The lowest BCUT2D eigenvalue weighted by Gasteiger charge is -2.11. The average molecular weight is 326 g/mol. The molecule has 0 aliphatic carbocycles. The zero-order chi connectivity index (χ0) is 17.9. The van der Waals surface area contributed by atoms with E-state index >= 15 is 0 Å². The Hall–Kier alpha value is -2.03. The summed E-state index contributed by atoms with van der Waals surface area (Å²) in [4.78, 5) is 12.8. The van der Waals surface area contributed by atoms with E-state index in [1.54, 1.807) is 0 Å². The van der Waals surface area contributed by atoms with Crippen LogP contribution >= 0.6 is 0 Å². The lowest BCUT2D eigenvalue weighted by atomic mass is 10.0. The lowest BCUT2D eigenvalue weighted by molar-refractivity contribution is 0.0943. The van der Waals surface area contributed by atoms with Crippen molar-refractivity contribution in [1.29, 1.82) is 0 Å². The highest BCUT2D eigenvalue weighted by Crippen LogP contribution is 2.29. The maximum absolute atomic E-state index is 12.8. The van der Waals surface area contributed by atoms with Crippen LogP contribution in [0.2, 0.25) is 0 Å². The molecular weight excluding hydrogens is 296 g/mol. The first-order chi connectivity index (χ1) is 11.4. The summed E-state index contributed by atoms with van der Waals surface area (Å²) in [6.07, 6.45) is 2.84. The molecule has 0 radical (unpaired) electrons. The third-order valence-corrected chi connectivity index (χ3v) is 4.54. The number of fused-ring (bicyclic) bond motifs is 1. The van der Waals surface area contributed by atoms with Crippen molar-refractivity contribution in [3.05, 3.63) is 47.7 Å². The van der Waals surface area contributed by atoms with Crippen molar-refractivity contribution >= 4 is 16.8 Å². The zero-order valence-corrected chi connectivity index (χ0v) is 15.6. The standard InChI is InChI=1S/C21H30N2O/c1-7-12-23-19-9-8-17(15(4)5)13-18(19)16(6)20(23)21(24)22-11-10-14(2)3/h7-9,13-15H,1,10-12H2,2-6H3,(H,22,24). The molecule has 0 aliphatic rings. The van der Waals surface area contributed by atoms with Crippen molar-refractivity contribution in [3.63, 3.8) is 0 Å². The van der Waals surface area contributed by atoms with Crippen molar-refractivity contribution in [2.45, 2.75) is 53.5 Å². The predicted octanol–water partition coefficient (Wildman–Crippen LogP) is 5.04. The van der Waals surface area contributed by atoms with E-state index in [-0.39, 0.29) is 5.91 Å². The van der Waals surface area contributed by atoms with Gasteiger partial charge in [0.25, 0.3) is 5.91 Å². The third-order valence-electron chi connectivity index (χ3n) is 4.54. The number of amides is 1. The second-order valence-corrected chi connectivity index (χ2v) is 7.24. The molecule has 0 atom stereocenters. The van der Waals surface area contributed by atoms with Gasteiger partial charge < -0.3 is 9.88 Å². The van der Waals surface area contributed by atoms with Crippen LogP contribution in [0, 0.1) is 12.8 Å². The molecule has 3 heteroatoms. The summed E-state index contributed by atoms with van der Waals surface area (Å²) < 4.78 is 2.08. The second-order valence-electron chi connectivity index (χ2n) is 7.24. The van der Waals surface area contributed by atoms with Crippen LogP contribution in [0.3, 0.4) is 0 Å². The number of rotatable bonds is 7. The van der Waals surface area contributed by atoms with Crippen LogP contribution in [-0.2, 0) is 6.54 Å². The molecule has 0 unspecified atom stereocenters. The largest absolute Gasteiger partial charge is 0.351 e. The molecular formula is C21H30N2O. The van der Waals surface area contributed by atoms with Crippen molar-refractivity contribution < 1.29 is 4.79 Å². The number of aromatic nitrogens is 1.